The van der Waals surface area contributed by atoms with Crippen molar-refractivity contribution in [1.29, 1.82) is 0 Å². The van der Waals surface area contributed by atoms with E-state index in [4.69, 9.17) is 0 Å². The van der Waals surface area contributed by atoms with Crippen LogP contribution in [0, 0.1) is 5.92 Å². The Bertz CT molecular complexity index is 1330. The van der Waals surface area contributed by atoms with Crippen molar-refractivity contribution in [3.05, 3.63) is 71.9 Å². The maximum atomic E-state index is 13.3. The fraction of sp³-hybridized carbons (Fsp3) is 0.360. The standard InChI is InChI=1S/C25H25F3N2O3S/c1-24(2,34(32,33)20-8-5-7-19(16-20)25(26,27)28)18-12-14-30(15-13-18)23(31)22-11-10-17-6-3-4-9-21(17)29-22/h3-11,16,18H,12-15H2,1-2H3. The first-order valence-corrected chi connectivity index (χ1v) is 12.5. The predicted molar refractivity (Wildman–Crippen MR) is 123 cm³/mol. The molecule has 5 nitrogen and oxygen atoms in total. The van der Waals surface area contributed by atoms with Crippen molar-refractivity contribution >= 4 is 26.6 Å². The summed E-state index contributed by atoms with van der Waals surface area (Å²) >= 11 is 0. The van der Waals surface area contributed by atoms with E-state index in [0.29, 0.717) is 37.7 Å². The van der Waals surface area contributed by atoms with E-state index in [1.807, 2.05) is 30.3 Å². The molecular formula is C25H25F3N2O3S. The molecule has 1 aromatic heterocycles. The lowest BCUT2D eigenvalue weighted by Crippen LogP contribution is -2.47. The van der Waals surface area contributed by atoms with Gasteiger partial charge in [-0.1, -0.05) is 30.3 Å². The highest BCUT2D eigenvalue weighted by molar-refractivity contribution is 7.92. The number of sulfone groups is 1. The number of likely N-dealkylation sites (tertiary alicyclic amines) is 1. The van der Waals surface area contributed by atoms with Crippen molar-refractivity contribution in [1.82, 2.24) is 9.88 Å². The molecule has 0 bridgehead atoms. The van der Waals surface area contributed by atoms with E-state index in [1.165, 1.54) is 6.07 Å². The van der Waals surface area contributed by atoms with E-state index < -0.39 is 26.3 Å². The maximum Gasteiger partial charge on any atom is 0.416 e. The van der Waals surface area contributed by atoms with E-state index >= 15 is 0 Å². The molecule has 2 aromatic carbocycles. The van der Waals surface area contributed by atoms with Crippen LogP contribution in [-0.2, 0) is 16.0 Å². The number of hydrogen-bond acceptors (Lipinski definition) is 4. The lowest BCUT2D eigenvalue weighted by Gasteiger charge is -2.40. The van der Waals surface area contributed by atoms with Gasteiger partial charge in [0.2, 0.25) is 0 Å². The topological polar surface area (TPSA) is 67.3 Å². The van der Waals surface area contributed by atoms with Crippen molar-refractivity contribution < 1.29 is 26.4 Å². The van der Waals surface area contributed by atoms with Gasteiger partial charge in [0.15, 0.2) is 9.84 Å². The summed E-state index contributed by atoms with van der Waals surface area (Å²) < 4.78 is 64.7. The predicted octanol–water partition coefficient (Wildman–Crippen LogP) is 5.36. The zero-order valence-corrected chi connectivity index (χ0v) is 19.7. The maximum absolute atomic E-state index is 13.3. The summed E-state index contributed by atoms with van der Waals surface area (Å²) in [4.78, 5) is 18.7. The van der Waals surface area contributed by atoms with Gasteiger partial charge in [0, 0.05) is 18.5 Å². The Balaban J connectivity index is 1.49. The van der Waals surface area contributed by atoms with E-state index in [9.17, 15) is 26.4 Å². The minimum atomic E-state index is -4.63. The second-order valence-corrected chi connectivity index (χ2v) is 11.6. The van der Waals surface area contributed by atoms with E-state index in [2.05, 4.69) is 4.98 Å². The second-order valence-electron chi connectivity index (χ2n) is 9.09. The molecule has 1 amide bonds. The first kappa shape index (κ1) is 24.2. The van der Waals surface area contributed by atoms with Crippen molar-refractivity contribution in [2.45, 2.75) is 42.5 Å². The van der Waals surface area contributed by atoms with Crippen LogP contribution in [0.15, 0.2) is 65.6 Å². The first-order chi connectivity index (χ1) is 15.9. The van der Waals surface area contributed by atoms with Crippen molar-refractivity contribution in [3.63, 3.8) is 0 Å². The van der Waals surface area contributed by atoms with E-state index in [0.717, 1.165) is 23.0 Å². The van der Waals surface area contributed by atoms with Gasteiger partial charge < -0.3 is 4.90 Å². The average Bonchev–Trinajstić information content (AvgIpc) is 2.82. The lowest BCUT2D eigenvalue weighted by molar-refractivity contribution is -0.137. The number of aromatic nitrogens is 1. The van der Waals surface area contributed by atoms with Crippen LogP contribution in [0.1, 0.15) is 42.7 Å². The number of nitrogens with zero attached hydrogens (tertiary/aromatic N) is 2. The van der Waals surface area contributed by atoms with Crippen LogP contribution in [-0.4, -0.2) is 42.0 Å². The number of benzene rings is 2. The largest absolute Gasteiger partial charge is 0.416 e. The number of carbonyl (C=O) groups excluding carboxylic acids is 1. The molecule has 1 saturated heterocycles. The highest BCUT2D eigenvalue weighted by Crippen LogP contribution is 2.39. The van der Waals surface area contributed by atoms with Gasteiger partial charge in [-0.15, -0.1) is 0 Å². The quantitative estimate of drug-likeness (QED) is 0.494. The lowest BCUT2D eigenvalue weighted by atomic mass is 9.85. The summed E-state index contributed by atoms with van der Waals surface area (Å²) in [7, 11) is -4.05. The van der Waals surface area contributed by atoms with E-state index in [1.54, 1.807) is 24.8 Å². The minimum Gasteiger partial charge on any atom is -0.337 e. The third-order valence-electron chi connectivity index (χ3n) is 6.75. The fourth-order valence-corrected chi connectivity index (χ4v) is 6.31. The van der Waals surface area contributed by atoms with Crippen LogP contribution >= 0.6 is 0 Å². The molecule has 9 heteroatoms. The molecule has 0 saturated carbocycles. The molecular weight excluding hydrogens is 465 g/mol. The third kappa shape index (κ3) is 4.41. The van der Waals surface area contributed by atoms with Crippen molar-refractivity contribution in [2.24, 2.45) is 5.92 Å². The van der Waals surface area contributed by atoms with Gasteiger partial charge in [0.25, 0.3) is 5.91 Å². The molecule has 3 aromatic rings. The molecule has 0 radical (unpaired) electrons. The van der Waals surface area contributed by atoms with Gasteiger partial charge in [-0.05, 0) is 62.9 Å². The van der Waals surface area contributed by atoms with Gasteiger partial charge in [-0.2, -0.15) is 13.2 Å². The van der Waals surface area contributed by atoms with Crippen LogP contribution < -0.4 is 0 Å². The molecule has 34 heavy (non-hydrogen) atoms. The summed E-state index contributed by atoms with van der Waals surface area (Å²) in [6.45, 7) is 3.80. The Morgan fingerprint density at radius 2 is 1.65 bits per heavy atom. The molecule has 1 fully saturated rings. The number of rotatable bonds is 4. The number of halogens is 3. The highest BCUT2D eigenvalue weighted by Gasteiger charge is 2.45. The molecule has 0 atom stereocenters. The molecule has 0 unspecified atom stereocenters. The van der Waals surface area contributed by atoms with Gasteiger partial charge >= 0.3 is 6.18 Å². The molecule has 0 aliphatic carbocycles. The van der Waals surface area contributed by atoms with Crippen LogP contribution in [0.4, 0.5) is 13.2 Å². The van der Waals surface area contributed by atoms with Crippen LogP contribution in [0.2, 0.25) is 0 Å². The molecule has 0 N–H and O–H groups in total. The highest BCUT2D eigenvalue weighted by atomic mass is 32.2. The normalized spacial score (nSPS) is 16.1. The molecule has 4 rings (SSSR count). The molecule has 1 aliphatic rings. The smallest absolute Gasteiger partial charge is 0.337 e. The molecule has 180 valence electrons. The number of carbonyl (C=O) groups is 1. The Hall–Kier alpha value is -2.94. The number of para-hydroxylation sites is 1. The number of fused-ring (bicyclic) bond motifs is 1. The summed E-state index contributed by atoms with van der Waals surface area (Å²) in [5.74, 6) is -0.539. The number of pyridine rings is 1. The van der Waals surface area contributed by atoms with Crippen LogP contribution in [0.3, 0.4) is 0 Å². The number of hydrogen-bond donors (Lipinski definition) is 0. The molecule has 0 spiro atoms. The summed E-state index contributed by atoms with van der Waals surface area (Å²) in [5.41, 5.74) is 0.0530. The minimum absolute atomic E-state index is 0.220. The first-order valence-electron chi connectivity index (χ1n) is 11.0. The van der Waals surface area contributed by atoms with Gasteiger partial charge in [0.1, 0.15) is 5.69 Å². The summed E-state index contributed by atoms with van der Waals surface area (Å²) in [5, 5.41) is 0.930. The fourth-order valence-electron chi connectivity index (χ4n) is 4.49. The average molecular weight is 491 g/mol. The summed E-state index contributed by atoms with van der Waals surface area (Å²) in [6.07, 6.45) is -3.78. The van der Waals surface area contributed by atoms with Crippen LogP contribution in [0.5, 0.6) is 0 Å². The van der Waals surface area contributed by atoms with Gasteiger partial charge in [-0.25, -0.2) is 13.4 Å². The van der Waals surface area contributed by atoms with Gasteiger partial charge in [0.05, 0.1) is 20.7 Å². The Labute approximate surface area is 196 Å². The van der Waals surface area contributed by atoms with Crippen molar-refractivity contribution in [2.75, 3.05) is 13.1 Å². The Kier molecular flexibility index (Phi) is 6.18. The number of alkyl halides is 3. The van der Waals surface area contributed by atoms with Crippen molar-refractivity contribution in [3.8, 4) is 0 Å². The van der Waals surface area contributed by atoms with E-state index in [-0.39, 0.29) is 16.7 Å². The Morgan fingerprint density at radius 3 is 2.32 bits per heavy atom. The second kappa shape index (κ2) is 8.69. The summed E-state index contributed by atoms with van der Waals surface area (Å²) in [6, 6.07) is 14.9. The zero-order chi connectivity index (χ0) is 24.7. The Morgan fingerprint density at radius 1 is 0.971 bits per heavy atom. The zero-order valence-electron chi connectivity index (χ0n) is 18.8. The van der Waals surface area contributed by atoms with Crippen LogP contribution in [0.25, 0.3) is 10.9 Å². The number of piperidine rings is 1. The molecule has 2 heterocycles. The number of amides is 1. The monoisotopic (exact) mass is 490 g/mol. The molecule has 1 aliphatic heterocycles. The third-order valence-corrected chi connectivity index (χ3v) is 9.34. The SMILES string of the molecule is CC(C)(C1CCN(C(=O)c2ccc3ccccc3n2)CC1)S(=O)(=O)c1cccc(C(F)(F)F)c1. The van der Waals surface area contributed by atoms with Gasteiger partial charge in [-0.3, -0.25) is 4.79 Å².